The summed E-state index contributed by atoms with van der Waals surface area (Å²) in [6, 6.07) is 8.02. The van der Waals surface area contributed by atoms with Crippen molar-refractivity contribution in [2.75, 3.05) is 10.6 Å². The largest absolute Gasteiger partial charge is 0.380 e. The van der Waals surface area contributed by atoms with Crippen molar-refractivity contribution in [1.82, 2.24) is 0 Å². The second-order valence-electron chi connectivity index (χ2n) is 4.59. The molecule has 0 unspecified atom stereocenters. The van der Waals surface area contributed by atoms with Crippen molar-refractivity contribution < 1.29 is 4.79 Å². The van der Waals surface area contributed by atoms with Crippen molar-refractivity contribution in [2.45, 2.75) is 27.3 Å². The topological polar surface area (TPSA) is 41.1 Å². The van der Waals surface area contributed by atoms with Crippen LogP contribution in [0.3, 0.4) is 0 Å². The van der Waals surface area contributed by atoms with Crippen molar-refractivity contribution in [3.63, 3.8) is 0 Å². The number of nitrogens with one attached hydrogen (secondary N) is 2. The highest BCUT2D eigenvalue weighted by molar-refractivity contribution is 7.10. The Morgan fingerprint density at radius 3 is 2.63 bits per heavy atom. The summed E-state index contributed by atoms with van der Waals surface area (Å²) in [4.78, 5) is 12.4. The molecular weight excluding hydrogens is 256 g/mol. The van der Waals surface area contributed by atoms with Crippen molar-refractivity contribution in [2.24, 2.45) is 0 Å². The van der Waals surface area contributed by atoms with Crippen molar-refractivity contribution in [1.29, 1.82) is 0 Å². The highest BCUT2D eigenvalue weighted by Gasteiger charge is 2.04. The van der Waals surface area contributed by atoms with Gasteiger partial charge in [-0.2, -0.15) is 0 Å². The van der Waals surface area contributed by atoms with Crippen LogP contribution in [0.15, 0.2) is 29.6 Å². The van der Waals surface area contributed by atoms with Gasteiger partial charge in [0.1, 0.15) is 0 Å². The van der Waals surface area contributed by atoms with E-state index in [9.17, 15) is 4.79 Å². The number of thiophene rings is 1. The van der Waals surface area contributed by atoms with Gasteiger partial charge in [-0.15, -0.1) is 11.3 Å². The normalized spacial score (nSPS) is 10.3. The van der Waals surface area contributed by atoms with E-state index >= 15 is 0 Å². The summed E-state index contributed by atoms with van der Waals surface area (Å²) in [6.07, 6.45) is 0. The number of amides is 1. The van der Waals surface area contributed by atoms with E-state index < -0.39 is 0 Å². The van der Waals surface area contributed by atoms with E-state index in [-0.39, 0.29) is 5.91 Å². The van der Waals surface area contributed by atoms with Gasteiger partial charge in [-0.1, -0.05) is 6.07 Å². The van der Waals surface area contributed by atoms with Gasteiger partial charge in [0, 0.05) is 29.7 Å². The maximum absolute atomic E-state index is 11.1. The molecule has 0 saturated heterocycles. The monoisotopic (exact) mass is 274 g/mol. The summed E-state index contributed by atoms with van der Waals surface area (Å²) < 4.78 is 0. The minimum atomic E-state index is -0.0519. The van der Waals surface area contributed by atoms with Gasteiger partial charge in [0.2, 0.25) is 5.91 Å². The van der Waals surface area contributed by atoms with E-state index in [4.69, 9.17) is 0 Å². The number of anilines is 2. The fourth-order valence-corrected chi connectivity index (χ4v) is 2.70. The molecule has 2 aromatic rings. The molecule has 0 fully saturated rings. The average Bonchev–Trinajstić information content (AvgIpc) is 2.75. The number of carbonyl (C=O) groups excluding carboxylic acids is 1. The number of hydrogen-bond donors (Lipinski definition) is 2. The van der Waals surface area contributed by atoms with E-state index in [1.807, 2.05) is 18.2 Å². The van der Waals surface area contributed by atoms with Gasteiger partial charge in [-0.25, -0.2) is 0 Å². The van der Waals surface area contributed by atoms with E-state index in [0.29, 0.717) is 0 Å². The molecule has 1 aromatic carbocycles. The van der Waals surface area contributed by atoms with Crippen LogP contribution in [0.1, 0.15) is 22.9 Å². The molecule has 2 N–H and O–H groups in total. The molecule has 0 bridgehead atoms. The van der Waals surface area contributed by atoms with Crippen LogP contribution in [0.5, 0.6) is 0 Å². The Bertz CT molecular complexity index is 590. The van der Waals surface area contributed by atoms with Crippen LogP contribution >= 0.6 is 11.3 Å². The lowest BCUT2D eigenvalue weighted by Crippen LogP contribution is -2.07. The number of benzene rings is 1. The maximum Gasteiger partial charge on any atom is 0.221 e. The molecule has 2 rings (SSSR count). The molecular formula is C15H18N2OS. The number of rotatable bonds is 4. The van der Waals surface area contributed by atoms with E-state index in [0.717, 1.165) is 17.9 Å². The molecule has 1 heterocycles. The Hall–Kier alpha value is -1.81. The van der Waals surface area contributed by atoms with Crippen LogP contribution in [0, 0.1) is 13.8 Å². The summed E-state index contributed by atoms with van der Waals surface area (Å²) in [7, 11) is 0. The third-order valence-corrected chi connectivity index (χ3v) is 3.99. The molecule has 3 nitrogen and oxygen atoms in total. The highest BCUT2D eigenvalue weighted by Crippen LogP contribution is 2.23. The molecule has 0 radical (unpaired) electrons. The molecule has 0 spiro atoms. The number of hydrogen-bond acceptors (Lipinski definition) is 3. The molecule has 1 amide bonds. The Kier molecular flexibility index (Phi) is 4.22. The third kappa shape index (κ3) is 3.58. The Morgan fingerprint density at radius 1 is 1.21 bits per heavy atom. The number of carbonyl (C=O) groups is 1. The van der Waals surface area contributed by atoms with Gasteiger partial charge >= 0.3 is 0 Å². The fourth-order valence-electron chi connectivity index (χ4n) is 1.85. The molecule has 0 aliphatic carbocycles. The maximum atomic E-state index is 11.1. The van der Waals surface area contributed by atoms with E-state index in [1.165, 1.54) is 22.9 Å². The zero-order chi connectivity index (χ0) is 13.8. The minimum absolute atomic E-state index is 0.0519. The molecule has 0 atom stereocenters. The van der Waals surface area contributed by atoms with Crippen LogP contribution < -0.4 is 10.6 Å². The zero-order valence-electron chi connectivity index (χ0n) is 11.4. The van der Waals surface area contributed by atoms with Gasteiger partial charge in [0.05, 0.1) is 0 Å². The van der Waals surface area contributed by atoms with Crippen LogP contribution in [-0.2, 0) is 11.3 Å². The number of aryl methyl sites for hydroxylation is 2. The summed E-state index contributed by atoms with van der Waals surface area (Å²) in [5.41, 5.74) is 4.36. The van der Waals surface area contributed by atoms with Gasteiger partial charge < -0.3 is 10.6 Å². The third-order valence-electron chi connectivity index (χ3n) is 2.97. The van der Waals surface area contributed by atoms with Crippen LogP contribution in [0.4, 0.5) is 11.4 Å². The molecule has 1 aromatic heterocycles. The van der Waals surface area contributed by atoms with E-state index in [2.05, 4.69) is 35.9 Å². The fraction of sp³-hybridized carbons (Fsp3) is 0.267. The Labute approximate surface area is 117 Å². The summed E-state index contributed by atoms with van der Waals surface area (Å²) in [6.45, 7) is 6.51. The first-order valence-electron chi connectivity index (χ1n) is 6.21. The average molecular weight is 274 g/mol. The predicted octanol–water partition coefficient (Wildman–Crippen LogP) is 3.94. The lowest BCUT2D eigenvalue weighted by atomic mass is 10.1. The smallest absolute Gasteiger partial charge is 0.221 e. The second kappa shape index (κ2) is 5.89. The van der Waals surface area contributed by atoms with Crippen molar-refractivity contribution in [3.8, 4) is 0 Å². The van der Waals surface area contributed by atoms with Crippen LogP contribution in [0.25, 0.3) is 0 Å². The second-order valence-corrected chi connectivity index (χ2v) is 5.59. The predicted molar refractivity (Wildman–Crippen MR) is 81.9 cm³/mol. The van der Waals surface area contributed by atoms with Gasteiger partial charge in [0.25, 0.3) is 0 Å². The van der Waals surface area contributed by atoms with Gasteiger partial charge in [-0.05, 0) is 48.6 Å². The first kappa shape index (κ1) is 13.6. The molecule has 19 heavy (non-hydrogen) atoms. The lowest BCUT2D eigenvalue weighted by Gasteiger charge is -2.11. The van der Waals surface area contributed by atoms with Gasteiger partial charge in [-0.3, -0.25) is 4.79 Å². The molecule has 0 aliphatic heterocycles. The quantitative estimate of drug-likeness (QED) is 0.886. The standard InChI is InChI=1S/C15H18N2OS/c1-10-4-5-13(17-12(3)18)8-14(10)16-9-15-11(2)6-7-19-15/h4-8,16H,9H2,1-3H3,(H,17,18). The van der Waals surface area contributed by atoms with Crippen molar-refractivity contribution in [3.05, 3.63) is 45.6 Å². The zero-order valence-corrected chi connectivity index (χ0v) is 12.2. The molecule has 0 saturated carbocycles. The Balaban J connectivity index is 2.11. The minimum Gasteiger partial charge on any atom is -0.380 e. The first-order valence-corrected chi connectivity index (χ1v) is 7.09. The van der Waals surface area contributed by atoms with Crippen LogP contribution in [0.2, 0.25) is 0 Å². The molecule has 0 aliphatic rings. The molecule has 100 valence electrons. The summed E-state index contributed by atoms with van der Waals surface area (Å²) in [5.74, 6) is -0.0519. The van der Waals surface area contributed by atoms with Gasteiger partial charge in [0.15, 0.2) is 0 Å². The summed E-state index contributed by atoms with van der Waals surface area (Å²) >= 11 is 1.76. The highest BCUT2D eigenvalue weighted by atomic mass is 32.1. The SMILES string of the molecule is CC(=O)Nc1ccc(C)c(NCc2sccc2C)c1. The van der Waals surface area contributed by atoms with E-state index in [1.54, 1.807) is 11.3 Å². The lowest BCUT2D eigenvalue weighted by molar-refractivity contribution is -0.114. The summed E-state index contributed by atoms with van der Waals surface area (Å²) in [5, 5.41) is 8.33. The first-order chi connectivity index (χ1) is 9.06. The Morgan fingerprint density at radius 2 is 2.00 bits per heavy atom. The van der Waals surface area contributed by atoms with Crippen LogP contribution in [-0.4, -0.2) is 5.91 Å². The molecule has 4 heteroatoms. The van der Waals surface area contributed by atoms with Crippen molar-refractivity contribution >= 4 is 28.6 Å².